The molecule has 2 rings (SSSR count). The maximum Gasteiger partial charge on any atom is -0.00736 e. The summed E-state index contributed by atoms with van der Waals surface area (Å²) in [5, 5.41) is 5.27. The Morgan fingerprint density at radius 1 is 0.882 bits per heavy atom. The Bertz CT molecular complexity index is 688. The second kappa shape index (κ2) is 4.58. The quantitative estimate of drug-likeness (QED) is 0.695. The second-order valence-electron chi connectivity index (χ2n) is 4.38. The molecule has 86 valence electrons. The average Bonchev–Trinajstić information content (AvgIpc) is 2.34. The maximum atomic E-state index is 3.79. The molecule has 2 aromatic carbocycles. The molecule has 0 radical (unpaired) electrons. The summed E-state index contributed by atoms with van der Waals surface area (Å²) in [6.45, 7) is 10.2. The molecule has 0 bridgehead atoms. The van der Waals surface area contributed by atoms with Crippen LogP contribution in [-0.2, 0) is 0 Å². The zero-order chi connectivity index (χ0) is 12.4. The molecule has 0 spiro atoms. The van der Waals surface area contributed by atoms with Crippen molar-refractivity contribution in [3.63, 3.8) is 0 Å². The van der Waals surface area contributed by atoms with Crippen LogP contribution < -0.4 is 10.4 Å². The van der Waals surface area contributed by atoms with E-state index in [-0.39, 0.29) is 0 Å². The molecule has 0 saturated heterocycles. The summed E-state index contributed by atoms with van der Waals surface area (Å²) >= 11 is 0. The number of hydrogen-bond acceptors (Lipinski definition) is 0. The van der Waals surface area contributed by atoms with E-state index in [4.69, 9.17) is 0 Å². The summed E-state index contributed by atoms with van der Waals surface area (Å²) < 4.78 is 0. The van der Waals surface area contributed by atoms with E-state index >= 15 is 0 Å². The van der Waals surface area contributed by atoms with Crippen molar-refractivity contribution in [2.75, 3.05) is 0 Å². The molecule has 0 amide bonds. The van der Waals surface area contributed by atoms with Crippen molar-refractivity contribution in [3.05, 3.63) is 58.5 Å². The first-order chi connectivity index (χ1) is 8.19. The van der Waals surface area contributed by atoms with Gasteiger partial charge in [0.1, 0.15) is 0 Å². The lowest BCUT2D eigenvalue weighted by Crippen LogP contribution is -2.13. The van der Waals surface area contributed by atoms with Crippen molar-refractivity contribution in [1.29, 1.82) is 0 Å². The number of benzene rings is 2. The predicted molar refractivity (Wildman–Crippen MR) is 77.5 cm³/mol. The Hall–Kier alpha value is -1.82. The van der Waals surface area contributed by atoms with Crippen LogP contribution in [0.2, 0.25) is 0 Å². The highest BCUT2D eigenvalue weighted by molar-refractivity contribution is 5.90. The van der Waals surface area contributed by atoms with Gasteiger partial charge < -0.3 is 0 Å². The minimum absolute atomic E-state index is 1.25. The molecule has 0 aliphatic carbocycles. The van der Waals surface area contributed by atoms with Crippen molar-refractivity contribution in [3.8, 4) is 0 Å². The second-order valence-corrected chi connectivity index (χ2v) is 4.38. The summed E-state index contributed by atoms with van der Waals surface area (Å²) in [6.07, 6.45) is 6.10. The molecule has 0 saturated carbocycles. The van der Waals surface area contributed by atoms with Crippen molar-refractivity contribution in [2.45, 2.75) is 20.8 Å². The number of hydrogen-bond donors (Lipinski definition) is 0. The van der Waals surface area contributed by atoms with Gasteiger partial charge in [0.25, 0.3) is 0 Å². The van der Waals surface area contributed by atoms with Crippen molar-refractivity contribution >= 4 is 22.9 Å². The normalized spacial score (nSPS) is 13.4. The van der Waals surface area contributed by atoms with Crippen LogP contribution in [0.3, 0.4) is 0 Å². The van der Waals surface area contributed by atoms with Gasteiger partial charge in [-0.2, -0.15) is 0 Å². The SMILES string of the molecule is C=C/C=c1/cc/c(=C/C)c2c(C)ccc(C)c12. The van der Waals surface area contributed by atoms with Gasteiger partial charge in [-0.1, -0.05) is 49.1 Å². The van der Waals surface area contributed by atoms with Crippen molar-refractivity contribution < 1.29 is 0 Å². The zero-order valence-electron chi connectivity index (χ0n) is 10.7. The molecule has 0 nitrogen and oxygen atoms in total. The van der Waals surface area contributed by atoms with Crippen molar-refractivity contribution in [2.24, 2.45) is 0 Å². The van der Waals surface area contributed by atoms with Crippen LogP contribution in [0, 0.1) is 13.8 Å². The van der Waals surface area contributed by atoms with E-state index in [2.05, 4.69) is 63.8 Å². The van der Waals surface area contributed by atoms with E-state index in [0.29, 0.717) is 0 Å². The summed E-state index contributed by atoms with van der Waals surface area (Å²) in [4.78, 5) is 0. The van der Waals surface area contributed by atoms with Crippen LogP contribution in [0.4, 0.5) is 0 Å². The molecular weight excluding hydrogens is 204 g/mol. The molecule has 0 N–H and O–H groups in total. The van der Waals surface area contributed by atoms with Gasteiger partial charge in [-0.05, 0) is 53.1 Å². The molecule has 17 heavy (non-hydrogen) atoms. The zero-order valence-corrected chi connectivity index (χ0v) is 10.7. The first kappa shape index (κ1) is 11.7. The lowest BCUT2D eigenvalue weighted by Gasteiger charge is -2.07. The molecule has 2 aromatic rings. The Balaban J connectivity index is 3.17. The minimum Gasteiger partial charge on any atom is -0.0990 e. The topological polar surface area (TPSA) is 0 Å². The van der Waals surface area contributed by atoms with Gasteiger partial charge >= 0.3 is 0 Å². The minimum atomic E-state index is 1.25. The van der Waals surface area contributed by atoms with Gasteiger partial charge in [-0.25, -0.2) is 0 Å². The molecular formula is C17H18. The Morgan fingerprint density at radius 3 is 1.94 bits per heavy atom. The lowest BCUT2D eigenvalue weighted by molar-refractivity contribution is 1.43. The molecule has 0 heterocycles. The fraction of sp³-hybridized carbons (Fsp3) is 0.176. The van der Waals surface area contributed by atoms with Crippen LogP contribution in [0.1, 0.15) is 18.1 Å². The summed E-state index contributed by atoms with van der Waals surface area (Å²) in [7, 11) is 0. The number of rotatable bonds is 1. The van der Waals surface area contributed by atoms with Gasteiger partial charge in [-0.3, -0.25) is 0 Å². The first-order valence-corrected chi connectivity index (χ1v) is 5.97. The molecule has 0 aliphatic rings. The largest absolute Gasteiger partial charge is 0.0990 e. The van der Waals surface area contributed by atoms with E-state index in [1.807, 2.05) is 6.08 Å². The first-order valence-electron chi connectivity index (χ1n) is 5.97. The number of allylic oxidation sites excluding steroid dienone is 1. The third-order valence-corrected chi connectivity index (χ3v) is 3.25. The highest BCUT2D eigenvalue weighted by Crippen LogP contribution is 2.15. The average molecular weight is 222 g/mol. The molecule has 0 aliphatic heterocycles. The fourth-order valence-electron chi connectivity index (χ4n) is 2.41. The van der Waals surface area contributed by atoms with Gasteiger partial charge in [-0.15, -0.1) is 0 Å². The molecule has 0 fully saturated rings. The van der Waals surface area contributed by atoms with Gasteiger partial charge in [0, 0.05) is 0 Å². The Kier molecular flexibility index (Phi) is 3.14. The Labute approximate surface area is 103 Å². The van der Waals surface area contributed by atoms with Crippen LogP contribution in [0.5, 0.6) is 0 Å². The predicted octanol–water partition coefficient (Wildman–Crippen LogP) is 3.22. The van der Waals surface area contributed by atoms with Crippen molar-refractivity contribution in [1.82, 2.24) is 0 Å². The van der Waals surface area contributed by atoms with E-state index in [0.717, 1.165) is 0 Å². The molecule has 0 atom stereocenters. The molecule has 0 aromatic heterocycles. The van der Waals surface area contributed by atoms with Gasteiger partial charge in [0.05, 0.1) is 0 Å². The van der Waals surface area contributed by atoms with Crippen LogP contribution >= 0.6 is 0 Å². The summed E-state index contributed by atoms with van der Waals surface area (Å²) in [5.41, 5.74) is 2.65. The molecule has 0 unspecified atom stereocenters. The fourth-order valence-corrected chi connectivity index (χ4v) is 2.41. The third-order valence-electron chi connectivity index (χ3n) is 3.25. The Morgan fingerprint density at radius 2 is 1.41 bits per heavy atom. The van der Waals surface area contributed by atoms with Crippen LogP contribution in [-0.4, -0.2) is 0 Å². The van der Waals surface area contributed by atoms with Gasteiger partial charge in [0.15, 0.2) is 0 Å². The lowest BCUT2D eigenvalue weighted by atomic mass is 9.97. The summed E-state index contributed by atoms with van der Waals surface area (Å²) in [5.74, 6) is 0. The van der Waals surface area contributed by atoms with E-state index in [1.54, 1.807) is 0 Å². The smallest absolute Gasteiger partial charge is 0.00736 e. The van der Waals surface area contributed by atoms with Crippen LogP contribution in [0.25, 0.3) is 22.9 Å². The monoisotopic (exact) mass is 222 g/mol. The van der Waals surface area contributed by atoms with Crippen LogP contribution in [0.15, 0.2) is 36.9 Å². The third kappa shape index (κ3) is 1.91. The van der Waals surface area contributed by atoms with E-state index in [9.17, 15) is 0 Å². The number of aryl methyl sites for hydroxylation is 2. The highest BCUT2D eigenvalue weighted by Gasteiger charge is 2.02. The van der Waals surface area contributed by atoms with E-state index < -0.39 is 0 Å². The standard InChI is InChI=1S/C17H18/c1-5-7-15-11-10-14(6-2)16-12(3)8-9-13(4)17(15)16/h5-11H,1H2,2-4H3/b14-6-,15-7-. The maximum absolute atomic E-state index is 3.79. The van der Waals surface area contributed by atoms with Gasteiger partial charge in [0.2, 0.25) is 0 Å². The summed E-state index contributed by atoms with van der Waals surface area (Å²) in [6, 6.07) is 8.75. The molecule has 0 heteroatoms. The number of fused-ring (bicyclic) bond motifs is 1. The van der Waals surface area contributed by atoms with E-state index in [1.165, 1.54) is 32.3 Å². The highest BCUT2D eigenvalue weighted by atomic mass is 14.1.